The Morgan fingerprint density at radius 2 is 1.82 bits per heavy atom. The molecule has 0 aliphatic heterocycles. The van der Waals surface area contributed by atoms with Crippen LogP contribution in [-0.4, -0.2) is 7.11 Å². The molecule has 0 unspecified atom stereocenters. The van der Waals surface area contributed by atoms with E-state index in [9.17, 15) is 0 Å². The fraction of sp³-hybridized carbons (Fsp3) is 0.250. The van der Waals surface area contributed by atoms with Crippen molar-refractivity contribution in [2.24, 2.45) is 0 Å². The van der Waals surface area contributed by atoms with E-state index < -0.39 is 0 Å². The van der Waals surface area contributed by atoms with E-state index >= 15 is 0 Å². The summed E-state index contributed by atoms with van der Waals surface area (Å²) in [5.41, 5.74) is 1.25. The molecule has 0 amide bonds. The molecule has 0 radical (unpaired) electrons. The van der Waals surface area contributed by atoms with E-state index in [-0.39, 0.29) is 5.41 Å². The summed E-state index contributed by atoms with van der Waals surface area (Å²) in [4.78, 5) is 0. The van der Waals surface area contributed by atoms with Gasteiger partial charge in [0.25, 0.3) is 0 Å². The minimum atomic E-state index is -0.0219. The van der Waals surface area contributed by atoms with Gasteiger partial charge in [0.05, 0.1) is 12.5 Å². The summed E-state index contributed by atoms with van der Waals surface area (Å²) in [6.07, 6.45) is 7.88. The fourth-order valence-corrected chi connectivity index (χ4v) is 2.48. The van der Waals surface area contributed by atoms with Crippen LogP contribution < -0.4 is 4.74 Å². The Morgan fingerprint density at radius 3 is 2.41 bits per heavy atom. The van der Waals surface area contributed by atoms with Crippen LogP contribution in [0.2, 0.25) is 0 Å². The number of terminal acetylenes is 1. The second kappa shape index (κ2) is 3.53. The van der Waals surface area contributed by atoms with Crippen LogP contribution in [0.25, 0.3) is 10.8 Å². The van der Waals surface area contributed by atoms with E-state index in [0.29, 0.717) is 0 Å². The van der Waals surface area contributed by atoms with Crippen molar-refractivity contribution in [1.29, 1.82) is 0 Å². The third kappa shape index (κ3) is 1.41. The molecule has 2 aromatic carbocycles. The number of hydrogen-bond acceptors (Lipinski definition) is 1. The Balaban J connectivity index is 2.32. The Labute approximate surface area is 101 Å². The third-order valence-electron chi connectivity index (χ3n) is 3.65. The fourth-order valence-electron chi connectivity index (χ4n) is 2.48. The lowest BCUT2D eigenvalue weighted by molar-refractivity contribution is 0.419. The van der Waals surface area contributed by atoms with Crippen LogP contribution in [0.5, 0.6) is 5.75 Å². The molecule has 84 valence electrons. The van der Waals surface area contributed by atoms with Gasteiger partial charge in [0.2, 0.25) is 0 Å². The van der Waals surface area contributed by atoms with Gasteiger partial charge in [0, 0.05) is 5.39 Å². The lowest BCUT2D eigenvalue weighted by atomic mass is 9.91. The Bertz CT molecular complexity index is 615. The van der Waals surface area contributed by atoms with E-state index in [1.165, 1.54) is 10.9 Å². The molecule has 1 fully saturated rings. The van der Waals surface area contributed by atoms with E-state index in [2.05, 4.69) is 30.2 Å². The molecular formula is C16H14O. The molecule has 1 aliphatic rings. The van der Waals surface area contributed by atoms with Crippen molar-refractivity contribution < 1.29 is 4.74 Å². The van der Waals surface area contributed by atoms with Gasteiger partial charge < -0.3 is 4.74 Å². The molecule has 0 N–H and O–H groups in total. The van der Waals surface area contributed by atoms with E-state index in [0.717, 1.165) is 24.0 Å². The number of benzene rings is 2. The van der Waals surface area contributed by atoms with Crippen molar-refractivity contribution in [3.05, 3.63) is 42.0 Å². The first kappa shape index (κ1) is 10.2. The normalized spacial score (nSPS) is 16.5. The first-order valence-electron chi connectivity index (χ1n) is 5.85. The number of hydrogen-bond donors (Lipinski definition) is 0. The number of fused-ring (bicyclic) bond motifs is 1. The highest BCUT2D eigenvalue weighted by atomic mass is 16.5. The van der Waals surface area contributed by atoms with Gasteiger partial charge in [0.1, 0.15) is 5.75 Å². The minimum absolute atomic E-state index is 0.0219. The second-order valence-corrected chi connectivity index (χ2v) is 4.59. The summed E-state index contributed by atoms with van der Waals surface area (Å²) in [6, 6.07) is 12.4. The van der Waals surface area contributed by atoms with Crippen LogP contribution >= 0.6 is 0 Å². The highest BCUT2D eigenvalue weighted by Crippen LogP contribution is 2.50. The van der Waals surface area contributed by atoms with Crippen LogP contribution in [0, 0.1) is 12.3 Å². The zero-order valence-corrected chi connectivity index (χ0v) is 9.86. The Kier molecular flexibility index (Phi) is 2.12. The highest BCUT2D eigenvalue weighted by Gasteiger charge is 2.43. The molecule has 1 aliphatic carbocycles. The average molecular weight is 222 g/mol. The number of ether oxygens (including phenoxy) is 1. The van der Waals surface area contributed by atoms with Crippen molar-refractivity contribution in [3.8, 4) is 18.1 Å². The van der Waals surface area contributed by atoms with Crippen molar-refractivity contribution >= 4 is 10.8 Å². The summed E-state index contributed by atoms with van der Waals surface area (Å²) in [5, 5.41) is 2.37. The smallest absolute Gasteiger partial charge is 0.126 e. The zero-order chi connectivity index (χ0) is 11.9. The SMILES string of the molecule is C#CC1(c2ccc(OC)c3ccccc23)CC1. The molecule has 0 aromatic heterocycles. The van der Waals surface area contributed by atoms with Gasteiger partial charge in [-0.25, -0.2) is 0 Å². The first-order chi connectivity index (χ1) is 8.30. The number of rotatable bonds is 2. The molecular weight excluding hydrogens is 208 g/mol. The maximum Gasteiger partial charge on any atom is 0.126 e. The van der Waals surface area contributed by atoms with Gasteiger partial charge in [-0.15, -0.1) is 6.42 Å². The third-order valence-corrected chi connectivity index (χ3v) is 3.65. The molecule has 0 spiro atoms. The van der Waals surface area contributed by atoms with Gasteiger partial charge in [-0.1, -0.05) is 36.3 Å². The second-order valence-electron chi connectivity index (χ2n) is 4.59. The van der Waals surface area contributed by atoms with Gasteiger partial charge >= 0.3 is 0 Å². The zero-order valence-electron chi connectivity index (χ0n) is 9.86. The molecule has 2 aromatic rings. The molecule has 1 saturated carbocycles. The first-order valence-corrected chi connectivity index (χ1v) is 5.85. The lowest BCUT2D eigenvalue weighted by Gasteiger charge is -2.14. The van der Waals surface area contributed by atoms with Crippen LogP contribution in [-0.2, 0) is 5.41 Å². The summed E-state index contributed by atoms with van der Waals surface area (Å²) in [5.74, 6) is 3.87. The van der Waals surface area contributed by atoms with Crippen molar-refractivity contribution in [2.75, 3.05) is 7.11 Å². The Hall–Kier alpha value is -1.94. The predicted molar refractivity (Wildman–Crippen MR) is 70.2 cm³/mol. The molecule has 17 heavy (non-hydrogen) atoms. The molecule has 0 saturated heterocycles. The van der Waals surface area contributed by atoms with Crippen LogP contribution in [0.1, 0.15) is 18.4 Å². The molecule has 3 rings (SSSR count). The quantitative estimate of drug-likeness (QED) is 0.706. The highest BCUT2D eigenvalue weighted by molar-refractivity contribution is 5.92. The minimum Gasteiger partial charge on any atom is -0.496 e. The number of methoxy groups -OCH3 is 1. The van der Waals surface area contributed by atoms with E-state index in [1.54, 1.807) is 7.11 Å². The predicted octanol–water partition coefficient (Wildman–Crippen LogP) is 3.51. The topological polar surface area (TPSA) is 9.23 Å². The van der Waals surface area contributed by atoms with Gasteiger partial charge in [-0.05, 0) is 29.9 Å². The Morgan fingerprint density at radius 1 is 1.12 bits per heavy atom. The molecule has 1 heteroatoms. The van der Waals surface area contributed by atoms with E-state index in [4.69, 9.17) is 11.2 Å². The van der Waals surface area contributed by atoms with E-state index in [1.807, 2.05) is 12.1 Å². The van der Waals surface area contributed by atoms with Gasteiger partial charge in [0.15, 0.2) is 0 Å². The van der Waals surface area contributed by atoms with Gasteiger partial charge in [-0.3, -0.25) is 0 Å². The van der Waals surface area contributed by atoms with Crippen LogP contribution in [0.15, 0.2) is 36.4 Å². The average Bonchev–Trinajstić information content (AvgIpc) is 3.18. The largest absolute Gasteiger partial charge is 0.496 e. The lowest BCUT2D eigenvalue weighted by Crippen LogP contribution is -2.03. The molecule has 1 nitrogen and oxygen atoms in total. The van der Waals surface area contributed by atoms with Crippen molar-refractivity contribution in [2.45, 2.75) is 18.3 Å². The van der Waals surface area contributed by atoms with Gasteiger partial charge in [-0.2, -0.15) is 0 Å². The van der Waals surface area contributed by atoms with Crippen LogP contribution in [0.3, 0.4) is 0 Å². The monoisotopic (exact) mass is 222 g/mol. The summed E-state index contributed by atoms with van der Waals surface area (Å²) in [6.45, 7) is 0. The van der Waals surface area contributed by atoms with Crippen LogP contribution in [0.4, 0.5) is 0 Å². The molecule has 0 bridgehead atoms. The standard InChI is InChI=1S/C16H14O/c1-3-16(10-11-16)14-8-9-15(17-2)13-7-5-4-6-12(13)14/h1,4-9H,10-11H2,2H3. The summed E-state index contributed by atoms with van der Waals surface area (Å²) in [7, 11) is 1.70. The summed E-state index contributed by atoms with van der Waals surface area (Å²) < 4.78 is 5.40. The molecule has 0 atom stereocenters. The summed E-state index contributed by atoms with van der Waals surface area (Å²) >= 11 is 0. The maximum absolute atomic E-state index is 5.68. The molecule has 0 heterocycles. The van der Waals surface area contributed by atoms with Crippen molar-refractivity contribution in [1.82, 2.24) is 0 Å². The van der Waals surface area contributed by atoms with Crippen molar-refractivity contribution in [3.63, 3.8) is 0 Å². The maximum atomic E-state index is 5.68.